The summed E-state index contributed by atoms with van der Waals surface area (Å²) >= 11 is 0. The van der Waals surface area contributed by atoms with E-state index in [0.29, 0.717) is 11.6 Å². The third kappa shape index (κ3) is 1.42. The smallest absolute Gasteiger partial charge is 0.0600 e. The summed E-state index contributed by atoms with van der Waals surface area (Å²) in [5.41, 5.74) is 3.27. The summed E-state index contributed by atoms with van der Waals surface area (Å²) < 4.78 is 0. The molecule has 4 rings (SSSR count). The first kappa shape index (κ1) is 9.92. The van der Waals surface area contributed by atoms with Gasteiger partial charge < -0.3 is 10.6 Å². The molecule has 2 heterocycles. The van der Waals surface area contributed by atoms with Crippen molar-refractivity contribution in [1.82, 2.24) is 10.2 Å². The van der Waals surface area contributed by atoms with E-state index >= 15 is 0 Å². The molecule has 3 aliphatic rings. The van der Waals surface area contributed by atoms with Gasteiger partial charge in [0.2, 0.25) is 0 Å². The highest BCUT2D eigenvalue weighted by Gasteiger charge is 2.56. The lowest BCUT2D eigenvalue weighted by atomic mass is 9.99. The highest BCUT2D eigenvalue weighted by Crippen LogP contribution is 2.57. The summed E-state index contributed by atoms with van der Waals surface area (Å²) in [6, 6.07) is 9.47. The van der Waals surface area contributed by atoms with Crippen LogP contribution in [-0.2, 0) is 0 Å². The first-order valence-corrected chi connectivity index (χ1v) is 6.71. The average molecular weight is 229 g/mol. The Bertz CT molecular complexity index is 433. The maximum Gasteiger partial charge on any atom is 0.0600 e. The van der Waals surface area contributed by atoms with Gasteiger partial charge in [-0.3, -0.25) is 4.90 Å². The fourth-order valence-electron chi connectivity index (χ4n) is 3.50. The molecule has 0 amide bonds. The molecule has 0 aromatic heterocycles. The number of benzene rings is 1. The molecule has 90 valence electrons. The van der Waals surface area contributed by atoms with E-state index in [9.17, 15) is 0 Å². The lowest BCUT2D eigenvalue weighted by Crippen LogP contribution is -2.48. The predicted molar refractivity (Wildman–Crippen MR) is 69.2 cm³/mol. The molecule has 1 unspecified atom stereocenters. The van der Waals surface area contributed by atoms with Gasteiger partial charge in [0, 0.05) is 31.9 Å². The van der Waals surface area contributed by atoms with E-state index in [1.165, 1.54) is 37.2 Å². The van der Waals surface area contributed by atoms with Gasteiger partial charge in [0.15, 0.2) is 0 Å². The zero-order chi connectivity index (χ0) is 11.3. The van der Waals surface area contributed by atoms with E-state index < -0.39 is 0 Å². The zero-order valence-electron chi connectivity index (χ0n) is 10.1. The molecule has 2 N–H and O–H groups in total. The number of anilines is 1. The SMILES string of the molecule is c1ccc2c(c1)NC1(CC1)C2N1CCNCC1. The van der Waals surface area contributed by atoms with Crippen molar-refractivity contribution in [2.75, 3.05) is 31.5 Å². The van der Waals surface area contributed by atoms with Crippen LogP contribution in [0, 0.1) is 0 Å². The second-order valence-electron chi connectivity index (χ2n) is 5.56. The van der Waals surface area contributed by atoms with Crippen molar-refractivity contribution >= 4 is 5.69 Å². The van der Waals surface area contributed by atoms with Gasteiger partial charge in [0.05, 0.1) is 11.6 Å². The Morgan fingerprint density at radius 3 is 2.65 bits per heavy atom. The Kier molecular flexibility index (Phi) is 2.02. The topological polar surface area (TPSA) is 27.3 Å². The fraction of sp³-hybridized carbons (Fsp3) is 0.571. The number of fused-ring (bicyclic) bond motifs is 1. The van der Waals surface area contributed by atoms with Crippen LogP contribution in [0.15, 0.2) is 24.3 Å². The maximum atomic E-state index is 3.77. The lowest BCUT2D eigenvalue weighted by molar-refractivity contribution is 0.157. The molecular weight excluding hydrogens is 210 g/mol. The molecular formula is C14H19N3. The summed E-state index contributed by atoms with van der Waals surface area (Å²) in [6.45, 7) is 4.63. The molecule has 17 heavy (non-hydrogen) atoms. The first-order chi connectivity index (χ1) is 8.39. The standard InChI is InChI=1S/C14H19N3/c1-2-4-12-11(3-1)13(14(16-12)5-6-14)17-9-7-15-8-10-17/h1-4,13,15-16H,5-10H2. The van der Waals surface area contributed by atoms with Gasteiger partial charge in [-0.25, -0.2) is 0 Å². The largest absolute Gasteiger partial charge is 0.377 e. The molecule has 2 fully saturated rings. The minimum Gasteiger partial charge on any atom is -0.377 e. The van der Waals surface area contributed by atoms with Crippen molar-refractivity contribution in [3.63, 3.8) is 0 Å². The van der Waals surface area contributed by atoms with Crippen molar-refractivity contribution in [2.45, 2.75) is 24.4 Å². The van der Waals surface area contributed by atoms with Gasteiger partial charge in [-0.1, -0.05) is 18.2 Å². The minimum absolute atomic E-state index is 0.376. The Morgan fingerprint density at radius 2 is 1.88 bits per heavy atom. The highest BCUT2D eigenvalue weighted by atomic mass is 15.3. The predicted octanol–water partition coefficient (Wildman–Crippen LogP) is 1.59. The second-order valence-corrected chi connectivity index (χ2v) is 5.56. The Balaban J connectivity index is 1.72. The average Bonchev–Trinajstić information content (AvgIpc) is 3.05. The van der Waals surface area contributed by atoms with E-state index in [2.05, 4.69) is 39.8 Å². The molecule has 1 aliphatic carbocycles. The third-order valence-electron chi connectivity index (χ3n) is 4.47. The molecule has 1 saturated carbocycles. The van der Waals surface area contributed by atoms with Gasteiger partial charge >= 0.3 is 0 Å². The van der Waals surface area contributed by atoms with E-state index in [4.69, 9.17) is 0 Å². The number of hydrogen-bond acceptors (Lipinski definition) is 3. The van der Waals surface area contributed by atoms with Gasteiger partial charge in [0.25, 0.3) is 0 Å². The summed E-state index contributed by atoms with van der Waals surface area (Å²) in [5, 5.41) is 7.22. The van der Waals surface area contributed by atoms with Crippen molar-refractivity contribution < 1.29 is 0 Å². The van der Waals surface area contributed by atoms with E-state index in [1.807, 2.05) is 0 Å². The number of para-hydroxylation sites is 1. The van der Waals surface area contributed by atoms with Gasteiger partial charge in [0.1, 0.15) is 0 Å². The quantitative estimate of drug-likeness (QED) is 0.766. The highest BCUT2D eigenvalue weighted by molar-refractivity contribution is 5.63. The number of rotatable bonds is 1. The summed E-state index contributed by atoms with van der Waals surface area (Å²) in [7, 11) is 0. The fourth-order valence-corrected chi connectivity index (χ4v) is 3.50. The molecule has 0 radical (unpaired) electrons. The lowest BCUT2D eigenvalue weighted by Gasteiger charge is -2.36. The third-order valence-corrected chi connectivity index (χ3v) is 4.47. The van der Waals surface area contributed by atoms with Crippen LogP contribution in [0.3, 0.4) is 0 Å². The van der Waals surface area contributed by atoms with Crippen molar-refractivity contribution in [1.29, 1.82) is 0 Å². The van der Waals surface area contributed by atoms with Crippen LogP contribution in [0.4, 0.5) is 5.69 Å². The number of hydrogen-bond donors (Lipinski definition) is 2. The molecule has 1 aromatic rings. The number of nitrogens with zero attached hydrogens (tertiary/aromatic N) is 1. The zero-order valence-corrected chi connectivity index (χ0v) is 10.1. The molecule has 1 atom stereocenters. The molecule has 3 heteroatoms. The molecule has 1 spiro atoms. The molecule has 2 aliphatic heterocycles. The van der Waals surface area contributed by atoms with Crippen molar-refractivity contribution in [3.05, 3.63) is 29.8 Å². The van der Waals surface area contributed by atoms with Gasteiger partial charge in [-0.05, 0) is 24.5 Å². The summed E-state index contributed by atoms with van der Waals surface area (Å²) in [4.78, 5) is 2.67. The molecule has 0 bridgehead atoms. The monoisotopic (exact) mass is 229 g/mol. The van der Waals surface area contributed by atoms with Crippen LogP contribution in [-0.4, -0.2) is 36.6 Å². The maximum absolute atomic E-state index is 3.77. The minimum atomic E-state index is 0.376. The molecule has 1 saturated heterocycles. The van der Waals surface area contributed by atoms with E-state index in [0.717, 1.165) is 13.1 Å². The van der Waals surface area contributed by atoms with Crippen molar-refractivity contribution in [3.8, 4) is 0 Å². The van der Waals surface area contributed by atoms with E-state index in [-0.39, 0.29) is 0 Å². The Morgan fingerprint density at radius 1 is 1.12 bits per heavy atom. The van der Waals surface area contributed by atoms with Crippen LogP contribution >= 0.6 is 0 Å². The van der Waals surface area contributed by atoms with E-state index in [1.54, 1.807) is 0 Å². The molecule has 3 nitrogen and oxygen atoms in total. The van der Waals surface area contributed by atoms with Crippen LogP contribution in [0.25, 0.3) is 0 Å². The van der Waals surface area contributed by atoms with Crippen LogP contribution < -0.4 is 10.6 Å². The van der Waals surface area contributed by atoms with Crippen molar-refractivity contribution in [2.24, 2.45) is 0 Å². The van der Waals surface area contributed by atoms with Gasteiger partial charge in [-0.2, -0.15) is 0 Å². The summed E-state index contributed by atoms with van der Waals surface area (Å²) in [6.07, 6.45) is 2.66. The van der Waals surface area contributed by atoms with Crippen LogP contribution in [0.1, 0.15) is 24.4 Å². The Hall–Kier alpha value is -1.06. The second kappa shape index (κ2) is 3.47. The molecule has 1 aromatic carbocycles. The van der Waals surface area contributed by atoms with Crippen LogP contribution in [0.2, 0.25) is 0 Å². The number of nitrogens with one attached hydrogen (secondary N) is 2. The van der Waals surface area contributed by atoms with Gasteiger partial charge in [-0.15, -0.1) is 0 Å². The van der Waals surface area contributed by atoms with Crippen LogP contribution in [0.5, 0.6) is 0 Å². The Labute approximate surface area is 102 Å². The normalized spacial score (nSPS) is 30.0. The summed E-state index contributed by atoms with van der Waals surface area (Å²) in [5.74, 6) is 0. The first-order valence-electron chi connectivity index (χ1n) is 6.71. The number of piperazine rings is 1.